The smallest absolute Gasteiger partial charge is 0.318 e. The number of hydrogen-bond donors (Lipinski definition) is 3. The van der Waals surface area contributed by atoms with Gasteiger partial charge in [0.15, 0.2) is 0 Å². The summed E-state index contributed by atoms with van der Waals surface area (Å²) in [6, 6.07) is 8.65. The van der Waals surface area contributed by atoms with Crippen LogP contribution in [0.1, 0.15) is 16.1 Å². The minimum absolute atomic E-state index is 0.185. The Morgan fingerprint density at radius 1 is 1.21 bits per heavy atom. The van der Waals surface area contributed by atoms with E-state index in [4.69, 9.17) is 11.5 Å². The van der Waals surface area contributed by atoms with E-state index in [0.29, 0.717) is 6.54 Å². The van der Waals surface area contributed by atoms with Gasteiger partial charge in [-0.05, 0) is 5.56 Å². The summed E-state index contributed by atoms with van der Waals surface area (Å²) in [6.45, 7) is 0.356. The van der Waals surface area contributed by atoms with Crippen molar-refractivity contribution in [3.05, 3.63) is 47.8 Å². The molecular weight excluding hydrogens is 246 g/mol. The van der Waals surface area contributed by atoms with Crippen molar-refractivity contribution in [2.24, 2.45) is 11.5 Å². The molecule has 2 aromatic rings. The van der Waals surface area contributed by atoms with Gasteiger partial charge in [-0.25, -0.2) is 9.78 Å². The largest absolute Gasteiger partial charge is 0.364 e. The number of amides is 3. The highest BCUT2D eigenvalue weighted by Crippen LogP contribution is 2.13. The summed E-state index contributed by atoms with van der Waals surface area (Å²) in [4.78, 5) is 26.1. The lowest BCUT2D eigenvalue weighted by Gasteiger charge is -2.10. The number of rotatable bonds is 4. The summed E-state index contributed by atoms with van der Waals surface area (Å²) >= 11 is 0. The molecule has 19 heavy (non-hydrogen) atoms. The highest BCUT2D eigenvalue weighted by Gasteiger charge is 2.15. The zero-order valence-electron chi connectivity index (χ0n) is 10.0. The average Bonchev–Trinajstić information content (AvgIpc) is 2.73. The Balaban J connectivity index is 2.37. The first-order chi connectivity index (χ1) is 9.08. The van der Waals surface area contributed by atoms with Crippen LogP contribution in [0, 0.1) is 0 Å². The fraction of sp³-hybridized carbons (Fsp3) is 0.0833. The number of carbonyl (C=O) groups excluding carboxylic acids is 2. The standard InChI is InChI=1S/C12H13N5O2/c13-10(18)9-6-15-12(16-11(14)19)17(9)7-8-4-2-1-3-5-8/h1-6H,7H2,(H2,13,18)(H3,14,15,16,19). The molecule has 1 aromatic heterocycles. The van der Waals surface area contributed by atoms with Crippen LogP contribution in [0.25, 0.3) is 0 Å². The van der Waals surface area contributed by atoms with E-state index in [0.717, 1.165) is 5.56 Å². The molecule has 0 aliphatic rings. The molecule has 0 bridgehead atoms. The van der Waals surface area contributed by atoms with E-state index in [1.54, 1.807) is 0 Å². The van der Waals surface area contributed by atoms with Gasteiger partial charge in [-0.2, -0.15) is 0 Å². The van der Waals surface area contributed by atoms with Crippen LogP contribution in [-0.2, 0) is 6.54 Å². The second-order valence-electron chi connectivity index (χ2n) is 3.89. The summed E-state index contributed by atoms with van der Waals surface area (Å²) in [5, 5.41) is 2.35. The van der Waals surface area contributed by atoms with E-state index in [1.165, 1.54) is 10.8 Å². The number of nitrogens with one attached hydrogen (secondary N) is 1. The van der Waals surface area contributed by atoms with Crippen molar-refractivity contribution in [3.63, 3.8) is 0 Å². The first-order valence-corrected chi connectivity index (χ1v) is 5.53. The first-order valence-electron chi connectivity index (χ1n) is 5.53. The molecule has 7 nitrogen and oxygen atoms in total. The molecule has 0 radical (unpaired) electrons. The summed E-state index contributed by atoms with van der Waals surface area (Å²) in [5.74, 6) is -0.439. The van der Waals surface area contributed by atoms with Gasteiger partial charge in [0.2, 0.25) is 5.95 Å². The van der Waals surface area contributed by atoms with Crippen molar-refractivity contribution in [2.75, 3.05) is 5.32 Å². The Morgan fingerprint density at radius 3 is 2.47 bits per heavy atom. The molecule has 1 aromatic carbocycles. The number of anilines is 1. The monoisotopic (exact) mass is 259 g/mol. The number of carbonyl (C=O) groups is 2. The number of hydrogen-bond acceptors (Lipinski definition) is 3. The summed E-state index contributed by atoms with van der Waals surface area (Å²) < 4.78 is 1.50. The van der Waals surface area contributed by atoms with E-state index < -0.39 is 11.9 Å². The number of imidazole rings is 1. The normalized spacial score (nSPS) is 10.1. The van der Waals surface area contributed by atoms with E-state index in [9.17, 15) is 9.59 Å². The van der Waals surface area contributed by atoms with Crippen LogP contribution in [0.15, 0.2) is 36.5 Å². The van der Waals surface area contributed by atoms with Gasteiger partial charge in [-0.3, -0.25) is 10.1 Å². The fourth-order valence-corrected chi connectivity index (χ4v) is 1.71. The van der Waals surface area contributed by atoms with E-state index >= 15 is 0 Å². The number of nitrogens with two attached hydrogens (primary N) is 2. The van der Waals surface area contributed by atoms with Gasteiger partial charge in [0.05, 0.1) is 12.7 Å². The van der Waals surface area contributed by atoms with Crippen molar-refractivity contribution in [1.82, 2.24) is 9.55 Å². The Kier molecular flexibility index (Phi) is 3.46. The van der Waals surface area contributed by atoms with Crippen molar-refractivity contribution in [1.29, 1.82) is 0 Å². The van der Waals surface area contributed by atoms with Crippen LogP contribution >= 0.6 is 0 Å². The Labute approximate surface area is 109 Å². The predicted octanol–water partition coefficient (Wildman–Crippen LogP) is 0.521. The third-order valence-electron chi connectivity index (χ3n) is 2.53. The molecule has 2 rings (SSSR count). The quantitative estimate of drug-likeness (QED) is 0.743. The third kappa shape index (κ3) is 2.89. The van der Waals surface area contributed by atoms with Crippen LogP contribution in [0.4, 0.5) is 10.7 Å². The molecule has 0 aliphatic heterocycles. The minimum Gasteiger partial charge on any atom is -0.364 e. The molecule has 0 spiro atoms. The van der Waals surface area contributed by atoms with Crippen LogP contribution in [-0.4, -0.2) is 21.5 Å². The van der Waals surface area contributed by atoms with Gasteiger partial charge in [0.25, 0.3) is 5.91 Å². The van der Waals surface area contributed by atoms with Crippen molar-refractivity contribution < 1.29 is 9.59 Å². The Morgan fingerprint density at radius 2 is 1.89 bits per heavy atom. The predicted molar refractivity (Wildman–Crippen MR) is 69.5 cm³/mol. The zero-order valence-corrected chi connectivity index (χ0v) is 10.0. The molecule has 3 amide bonds. The highest BCUT2D eigenvalue weighted by molar-refractivity contribution is 5.92. The van der Waals surface area contributed by atoms with Crippen LogP contribution in [0.5, 0.6) is 0 Å². The van der Waals surface area contributed by atoms with Gasteiger partial charge in [-0.15, -0.1) is 0 Å². The van der Waals surface area contributed by atoms with Gasteiger partial charge in [0.1, 0.15) is 5.69 Å². The van der Waals surface area contributed by atoms with E-state index in [-0.39, 0.29) is 11.6 Å². The van der Waals surface area contributed by atoms with E-state index in [1.807, 2.05) is 30.3 Å². The molecule has 1 heterocycles. The van der Waals surface area contributed by atoms with Crippen molar-refractivity contribution in [2.45, 2.75) is 6.54 Å². The molecule has 0 saturated heterocycles. The maximum Gasteiger partial charge on any atom is 0.318 e. The van der Waals surface area contributed by atoms with Crippen molar-refractivity contribution >= 4 is 17.9 Å². The maximum atomic E-state index is 11.3. The highest BCUT2D eigenvalue weighted by atomic mass is 16.2. The summed E-state index contributed by atoms with van der Waals surface area (Å²) in [7, 11) is 0. The zero-order chi connectivity index (χ0) is 13.8. The van der Waals surface area contributed by atoms with Crippen molar-refractivity contribution in [3.8, 4) is 0 Å². The Bertz CT molecular complexity index is 606. The molecule has 7 heteroatoms. The molecule has 5 N–H and O–H groups in total. The number of benzene rings is 1. The first kappa shape index (κ1) is 12.6. The van der Waals surface area contributed by atoms with Crippen LogP contribution in [0.3, 0.4) is 0 Å². The third-order valence-corrected chi connectivity index (χ3v) is 2.53. The topological polar surface area (TPSA) is 116 Å². The maximum absolute atomic E-state index is 11.3. The summed E-state index contributed by atoms with van der Waals surface area (Å²) in [6.07, 6.45) is 1.30. The Hall–Kier alpha value is -2.83. The SMILES string of the molecule is NC(=O)Nc1ncc(C(N)=O)n1Cc1ccccc1. The van der Waals surface area contributed by atoms with Crippen LogP contribution < -0.4 is 16.8 Å². The molecule has 0 atom stereocenters. The average molecular weight is 259 g/mol. The fourth-order valence-electron chi connectivity index (χ4n) is 1.71. The number of aromatic nitrogens is 2. The second-order valence-corrected chi connectivity index (χ2v) is 3.89. The molecule has 0 fully saturated rings. The molecular formula is C12H13N5O2. The lowest BCUT2D eigenvalue weighted by Crippen LogP contribution is -2.24. The molecule has 0 aliphatic carbocycles. The number of urea groups is 1. The second kappa shape index (κ2) is 5.21. The van der Waals surface area contributed by atoms with Crippen LogP contribution in [0.2, 0.25) is 0 Å². The van der Waals surface area contributed by atoms with E-state index in [2.05, 4.69) is 10.3 Å². The lowest BCUT2D eigenvalue weighted by molar-refractivity contribution is 0.0992. The van der Waals surface area contributed by atoms with Gasteiger partial charge in [-0.1, -0.05) is 30.3 Å². The van der Waals surface area contributed by atoms with Gasteiger partial charge in [0, 0.05) is 0 Å². The molecule has 98 valence electrons. The lowest BCUT2D eigenvalue weighted by atomic mass is 10.2. The molecule has 0 saturated carbocycles. The van der Waals surface area contributed by atoms with Gasteiger partial charge >= 0.3 is 6.03 Å². The number of nitrogens with zero attached hydrogens (tertiary/aromatic N) is 2. The number of primary amides is 2. The summed E-state index contributed by atoms with van der Waals surface area (Å²) in [5.41, 5.74) is 11.5. The minimum atomic E-state index is -0.754. The molecule has 0 unspecified atom stereocenters. The van der Waals surface area contributed by atoms with Gasteiger partial charge < -0.3 is 16.0 Å².